The third kappa shape index (κ3) is 1.15. The minimum absolute atomic E-state index is 0.348. The molecule has 0 aliphatic rings. The first kappa shape index (κ1) is 7.19. The molecule has 0 N–H and O–H groups in total. The summed E-state index contributed by atoms with van der Waals surface area (Å²) >= 11 is 0. The van der Waals surface area contributed by atoms with Gasteiger partial charge in [0.2, 0.25) is 0 Å². The molecule has 10 heavy (non-hydrogen) atoms. The SMILES string of the molecule is Cc1cc(F)c(C)cc1F. The third-order valence-corrected chi connectivity index (χ3v) is 1.44. The number of hydrogen-bond acceptors (Lipinski definition) is 0. The molecule has 0 aliphatic heterocycles. The van der Waals surface area contributed by atoms with E-state index in [0.29, 0.717) is 11.1 Å². The summed E-state index contributed by atoms with van der Waals surface area (Å²) in [5.41, 5.74) is 0.700. The minimum Gasteiger partial charge on any atom is -0.207 e. The van der Waals surface area contributed by atoms with Crippen LogP contribution < -0.4 is 0 Å². The third-order valence-electron chi connectivity index (χ3n) is 1.44. The van der Waals surface area contributed by atoms with E-state index in [4.69, 9.17) is 0 Å². The molecule has 2 heteroatoms. The van der Waals surface area contributed by atoms with Crippen molar-refractivity contribution in [3.63, 3.8) is 0 Å². The molecule has 0 saturated heterocycles. The Labute approximate surface area is 58.5 Å². The van der Waals surface area contributed by atoms with Crippen molar-refractivity contribution in [3.05, 3.63) is 34.9 Å². The van der Waals surface area contributed by atoms with Gasteiger partial charge in [-0.1, -0.05) is 0 Å². The van der Waals surface area contributed by atoms with Crippen molar-refractivity contribution < 1.29 is 8.78 Å². The van der Waals surface area contributed by atoms with Gasteiger partial charge in [-0.05, 0) is 37.1 Å². The van der Waals surface area contributed by atoms with Gasteiger partial charge in [0.15, 0.2) is 0 Å². The molecule has 54 valence electrons. The molecule has 0 aromatic heterocycles. The van der Waals surface area contributed by atoms with Crippen molar-refractivity contribution in [1.82, 2.24) is 0 Å². The van der Waals surface area contributed by atoms with Crippen LogP contribution >= 0.6 is 0 Å². The molecule has 0 nitrogen and oxygen atoms in total. The van der Waals surface area contributed by atoms with Crippen molar-refractivity contribution >= 4 is 0 Å². The lowest BCUT2D eigenvalue weighted by Crippen LogP contribution is -1.88. The second-order valence-corrected chi connectivity index (χ2v) is 2.35. The molecule has 0 heterocycles. The molecule has 0 spiro atoms. The van der Waals surface area contributed by atoms with Crippen molar-refractivity contribution in [3.8, 4) is 0 Å². The standard InChI is InChI=1S/C8H8F2/c1-5-3-8(10)6(2)4-7(5)9/h3-4H,1-2H3. The molecule has 0 bridgehead atoms. The molecule has 1 rings (SSSR count). The summed E-state index contributed by atoms with van der Waals surface area (Å²) in [6.45, 7) is 3.08. The van der Waals surface area contributed by atoms with E-state index in [1.165, 1.54) is 26.0 Å². The lowest BCUT2D eigenvalue weighted by atomic mass is 10.1. The van der Waals surface area contributed by atoms with Crippen LogP contribution in [0.5, 0.6) is 0 Å². The van der Waals surface area contributed by atoms with Crippen molar-refractivity contribution in [1.29, 1.82) is 0 Å². The summed E-state index contributed by atoms with van der Waals surface area (Å²) in [4.78, 5) is 0. The van der Waals surface area contributed by atoms with Gasteiger partial charge in [0.25, 0.3) is 0 Å². The largest absolute Gasteiger partial charge is 0.207 e. The van der Waals surface area contributed by atoms with Crippen molar-refractivity contribution in [2.75, 3.05) is 0 Å². The van der Waals surface area contributed by atoms with E-state index in [-0.39, 0.29) is 11.6 Å². The summed E-state index contributed by atoms with van der Waals surface area (Å²) in [6.07, 6.45) is 0. The highest BCUT2D eigenvalue weighted by Crippen LogP contribution is 2.12. The van der Waals surface area contributed by atoms with Gasteiger partial charge in [0, 0.05) is 0 Å². The highest BCUT2D eigenvalue weighted by atomic mass is 19.1. The topological polar surface area (TPSA) is 0 Å². The van der Waals surface area contributed by atoms with Crippen LogP contribution in [0.25, 0.3) is 0 Å². The van der Waals surface area contributed by atoms with Gasteiger partial charge in [-0.15, -0.1) is 0 Å². The minimum atomic E-state index is -0.348. The molecule has 1 aromatic carbocycles. The molecular weight excluding hydrogens is 134 g/mol. The molecule has 0 atom stereocenters. The summed E-state index contributed by atoms with van der Waals surface area (Å²) in [7, 11) is 0. The summed E-state index contributed by atoms with van der Waals surface area (Å²) in [5.74, 6) is -0.696. The van der Waals surface area contributed by atoms with Crippen LogP contribution in [-0.2, 0) is 0 Å². The Morgan fingerprint density at radius 1 is 0.900 bits per heavy atom. The Kier molecular flexibility index (Phi) is 1.70. The van der Waals surface area contributed by atoms with Crippen LogP contribution in [0.15, 0.2) is 12.1 Å². The number of aryl methyl sites for hydroxylation is 2. The lowest BCUT2D eigenvalue weighted by Gasteiger charge is -1.98. The molecule has 0 fully saturated rings. The Balaban J connectivity index is 3.28. The zero-order chi connectivity index (χ0) is 7.72. The molecule has 0 amide bonds. The van der Waals surface area contributed by atoms with Gasteiger partial charge in [-0.3, -0.25) is 0 Å². The smallest absolute Gasteiger partial charge is 0.126 e. The van der Waals surface area contributed by atoms with E-state index in [1.807, 2.05) is 0 Å². The first-order valence-electron chi connectivity index (χ1n) is 3.03. The van der Waals surface area contributed by atoms with E-state index < -0.39 is 0 Å². The van der Waals surface area contributed by atoms with Crippen LogP contribution in [0.2, 0.25) is 0 Å². The monoisotopic (exact) mass is 142 g/mol. The summed E-state index contributed by atoms with van der Waals surface area (Å²) in [5, 5.41) is 0. The fourth-order valence-electron chi connectivity index (χ4n) is 0.746. The van der Waals surface area contributed by atoms with Crippen LogP contribution in [0, 0.1) is 25.5 Å². The molecule has 0 saturated carbocycles. The number of hydrogen-bond donors (Lipinski definition) is 0. The van der Waals surface area contributed by atoms with Gasteiger partial charge >= 0.3 is 0 Å². The van der Waals surface area contributed by atoms with Crippen LogP contribution in [0.3, 0.4) is 0 Å². The zero-order valence-electron chi connectivity index (χ0n) is 5.91. The molecule has 0 radical (unpaired) electrons. The van der Waals surface area contributed by atoms with Crippen molar-refractivity contribution in [2.45, 2.75) is 13.8 Å². The van der Waals surface area contributed by atoms with E-state index >= 15 is 0 Å². The van der Waals surface area contributed by atoms with E-state index in [9.17, 15) is 8.78 Å². The Bertz CT molecular complexity index is 203. The van der Waals surface area contributed by atoms with Crippen LogP contribution in [-0.4, -0.2) is 0 Å². The average molecular weight is 142 g/mol. The Morgan fingerprint density at radius 2 is 1.20 bits per heavy atom. The van der Waals surface area contributed by atoms with Crippen LogP contribution in [0.1, 0.15) is 11.1 Å². The maximum Gasteiger partial charge on any atom is 0.126 e. The average Bonchev–Trinajstić information content (AvgIpc) is 1.84. The highest BCUT2D eigenvalue weighted by molar-refractivity contribution is 5.23. The maximum absolute atomic E-state index is 12.6. The molecular formula is C8H8F2. The molecule has 1 aromatic rings. The van der Waals surface area contributed by atoms with Gasteiger partial charge in [-0.2, -0.15) is 0 Å². The van der Waals surface area contributed by atoms with E-state index in [1.54, 1.807) is 0 Å². The fourth-order valence-corrected chi connectivity index (χ4v) is 0.746. The quantitative estimate of drug-likeness (QED) is 0.522. The van der Waals surface area contributed by atoms with E-state index in [2.05, 4.69) is 0 Å². The normalized spacial score (nSPS) is 10.0. The molecule has 0 unspecified atom stereocenters. The first-order valence-corrected chi connectivity index (χ1v) is 3.03. The van der Waals surface area contributed by atoms with Crippen LogP contribution in [0.4, 0.5) is 8.78 Å². The van der Waals surface area contributed by atoms with E-state index in [0.717, 1.165) is 0 Å². The second-order valence-electron chi connectivity index (χ2n) is 2.35. The van der Waals surface area contributed by atoms with Gasteiger partial charge in [0.1, 0.15) is 11.6 Å². The second kappa shape index (κ2) is 2.37. The van der Waals surface area contributed by atoms with Gasteiger partial charge in [-0.25, -0.2) is 8.78 Å². The Morgan fingerprint density at radius 3 is 1.50 bits per heavy atom. The lowest BCUT2D eigenvalue weighted by molar-refractivity contribution is 0.585. The molecule has 0 aliphatic carbocycles. The summed E-state index contributed by atoms with van der Waals surface area (Å²) < 4.78 is 25.2. The number of halogens is 2. The van der Waals surface area contributed by atoms with Gasteiger partial charge < -0.3 is 0 Å². The summed E-state index contributed by atoms with van der Waals surface area (Å²) in [6, 6.07) is 2.40. The number of rotatable bonds is 0. The Hall–Kier alpha value is -0.920. The zero-order valence-corrected chi connectivity index (χ0v) is 5.91. The van der Waals surface area contributed by atoms with Crippen molar-refractivity contribution in [2.24, 2.45) is 0 Å². The highest BCUT2D eigenvalue weighted by Gasteiger charge is 2.01. The first-order chi connectivity index (χ1) is 4.61. The fraction of sp³-hybridized carbons (Fsp3) is 0.250. The number of benzene rings is 1. The maximum atomic E-state index is 12.6. The predicted molar refractivity (Wildman–Crippen MR) is 35.8 cm³/mol. The predicted octanol–water partition coefficient (Wildman–Crippen LogP) is 2.58. The van der Waals surface area contributed by atoms with Gasteiger partial charge in [0.05, 0.1) is 0 Å².